The van der Waals surface area contributed by atoms with Gasteiger partial charge in [-0.15, -0.1) is 0 Å². The number of aromatic nitrogens is 1. The minimum Gasteiger partial charge on any atom is -0.480 e. The molecule has 0 bridgehead atoms. The molecular formula is C15H23N3O3. The van der Waals surface area contributed by atoms with Crippen molar-refractivity contribution in [1.29, 1.82) is 0 Å². The third-order valence-corrected chi connectivity index (χ3v) is 3.17. The number of amides is 2. The van der Waals surface area contributed by atoms with Crippen LogP contribution in [0.3, 0.4) is 0 Å². The van der Waals surface area contributed by atoms with Crippen molar-refractivity contribution >= 4 is 12.0 Å². The van der Waals surface area contributed by atoms with Crippen LogP contribution in [0.15, 0.2) is 24.5 Å². The standard InChI is InChI=1S/C15H23N3O3/c1-5-18(10-11-6-8-16-9-7-11)14(21)17-12(13(19)20)15(2,3)4/h6-9,12H,5,10H2,1-4H3,(H,17,21)(H,19,20). The number of carboxylic acids is 1. The summed E-state index contributed by atoms with van der Waals surface area (Å²) in [5.41, 5.74) is 0.391. The van der Waals surface area contributed by atoms with Gasteiger partial charge in [0.2, 0.25) is 0 Å². The quantitative estimate of drug-likeness (QED) is 0.871. The van der Waals surface area contributed by atoms with Crippen LogP contribution in [0.4, 0.5) is 4.79 Å². The molecule has 0 spiro atoms. The molecule has 116 valence electrons. The number of carbonyl (C=O) groups is 2. The van der Waals surface area contributed by atoms with Gasteiger partial charge in [-0.2, -0.15) is 0 Å². The van der Waals surface area contributed by atoms with Gasteiger partial charge in [0.1, 0.15) is 6.04 Å². The predicted octanol–water partition coefficient (Wildman–Crippen LogP) is 2.11. The molecule has 0 saturated carbocycles. The number of nitrogens with zero attached hydrogens (tertiary/aromatic N) is 2. The Morgan fingerprint density at radius 3 is 2.33 bits per heavy atom. The van der Waals surface area contributed by atoms with Crippen LogP contribution in [0.25, 0.3) is 0 Å². The van der Waals surface area contributed by atoms with Crippen LogP contribution >= 0.6 is 0 Å². The van der Waals surface area contributed by atoms with Gasteiger partial charge in [0.05, 0.1) is 0 Å². The zero-order chi connectivity index (χ0) is 16.0. The first kappa shape index (κ1) is 16.9. The molecule has 0 aliphatic rings. The molecule has 1 heterocycles. The molecule has 1 rings (SSSR count). The molecule has 0 saturated heterocycles. The van der Waals surface area contributed by atoms with E-state index in [1.54, 1.807) is 38.1 Å². The van der Waals surface area contributed by atoms with E-state index in [0.29, 0.717) is 13.1 Å². The lowest BCUT2D eigenvalue weighted by atomic mass is 9.87. The summed E-state index contributed by atoms with van der Waals surface area (Å²) >= 11 is 0. The third kappa shape index (κ3) is 5.06. The van der Waals surface area contributed by atoms with Crippen LogP contribution in [0.1, 0.15) is 33.3 Å². The summed E-state index contributed by atoms with van der Waals surface area (Å²) < 4.78 is 0. The Balaban J connectivity index is 2.77. The lowest BCUT2D eigenvalue weighted by molar-refractivity contribution is -0.142. The summed E-state index contributed by atoms with van der Waals surface area (Å²) in [5, 5.41) is 11.9. The first-order valence-electron chi connectivity index (χ1n) is 6.93. The molecule has 2 amide bonds. The molecule has 0 aromatic carbocycles. The SMILES string of the molecule is CCN(Cc1ccncc1)C(=O)NC(C(=O)O)C(C)(C)C. The molecule has 0 aliphatic carbocycles. The summed E-state index contributed by atoms with van der Waals surface area (Å²) in [6, 6.07) is 2.34. The number of pyridine rings is 1. The number of urea groups is 1. The van der Waals surface area contributed by atoms with E-state index in [9.17, 15) is 14.7 Å². The average molecular weight is 293 g/mol. The minimum absolute atomic E-state index is 0.378. The monoisotopic (exact) mass is 293 g/mol. The van der Waals surface area contributed by atoms with E-state index < -0.39 is 17.4 Å². The minimum atomic E-state index is -1.03. The molecule has 0 radical (unpaired) electrons. The van der Waals surface area contributed by atoms with Crippen LogP contribution < -0.4 is 5.32 Å². The third-order valence-electron chi connectivity index (χ3n) is 3.17. The van der Waals surface area contributed by atoms with Gasteiger partial charge >= 0.3 is 12.0 Å². The fourth-order valence-corrected chi connectivity index (χ4v) is 1.90. The fraction of sp³-hybridized carbons (Fsp3) is 0.533. The fourth-order valence-electron chi connectivity index (χ4n) is 1.90. The second kappa shape index (κ2) is 7.06. The lowest BCUT2D eigenvalue weighted by Gasteiger charge is -2.30. The van der Waals surface area contributed by atoms with Crippen molar-refractivity contribution in [2.24, 2.45) is 5.41 Å². The van der Waals surface area contributed by atoms with Crippen LogP contribution in [-0.2, 0) is 11.3 Å². The molecule has 0 aliphatic heterocycles. The molecular weight excluding hydrogens is 270 g/mol. The summed E-state index contributed by atoms with van der Waals surface area (Å²) in [5.74, 6) is -1.03. The largest absolute Gasteiger partial charge is 0.480 e. The first-order valence-corrected chi connectivity index (χ1v) is 6.93. The van der Waals surface area contributed by atoms with Crippen molar-refractivity contribution in [2.75, 3.05) is 6.54 Å². The van der Waals surface area contributed by atoms with Gasteiger partial charge in [0.25, 0.3) is 0 Å². The molecule has 6 nitrogen and oxygen atoms in total. The van der Waals surface area contributed by atoms with Crippen molar-refractivity contribution in [3.63, 3.8) is 0 Å². The van der Waals surface area contributed by atoms with Gasteiger partial charge < -0.3 is 15.3 Å². The Hall–Kier alpha value is -2.11. The molecule has 6 heteroatoms. The highest BCUT2D eigenvalue weighted by Gasteiger charge is 2.33. The molecule has 0 fully saturated rings. The van der Waals surface area contributed by atoms with Crippen LogP contribution in [0.2, 0.25) is 0 Å². The second-order valence-electron chi connectivity index (χ2n) is 5.96. The number of hydrogen-bond donors (Lipinski definition) is 2. The van der Waals surface area contributed by atoms with E-state index >= 15 is 0 Å². The predicted molar refractivity (Wildman–Crippen MR) is 79.7 cm³/mol. The van der Waals surface area contributed by atoms with Gasteiger partial charge in [-0.05, 0) is 30.0 Å². The maximum atomic E-state index is 12.3. The number of carbonyl (C=O) groups excluding carboxylic acids is 1. The van der Waals surface area contributed by atoms with Crippen molar-refractivity contribution in [1.82, 2.24) is 15.2 Å². The summed E-state index contributed by atoms with van der Waals surface area (Å²) in [7, 11) is 0. The molecule has 1 aromatic rings. The van der Waals surface area contributed by atoms with Gasteiger partial charge in [-0.1, -0.05) is 20.8 Å². The van der Waals surface area contributed by atoms with Crippen LogP contribution in [0.5, 0.6) is 0 Å². The average Bonchev–Trinajstić information content (AvgIpc) is 2.41. The summed E-state index contributed by atoms with van der Waals surface area (Å²) in [4.78, 5) is 29.1. The number of nitrogens with one attached hydrogen (secondary N) is 1. The second-order valence-corrected chi connectivity index (χ2v) is 5.96. The van der Waals surface area contributed by atoms with E-state index in [0.717, 1.165) is 5.56 Å². The van der Waals surface area contributed by atoms with Crippen molar-refractivity contribution in [2.45, 2.75) is 40.3 Å². The van der Waals surface area contributed by atoms with E-state index in [-0.39, 0.29) is 6.03 Å². The van der Waals surface area contributed by atoms with Crippen molar-refractivity contribution in [3.8, 4) is 0 Å². The van der Waals surface area contributed by atoms with Crippen LogP contribution in [0, 0.1) is 5.41 Å². The van der Waals surface area contributed by atoms with E-state index in [1.807, 2.05) is 19.1 Å². The first-order chi connectivity index (χ1) is 9.75. The maximum absolute atomic E-state index is 12.3. The van der Waals surface area contributed by atoms with E-state index in [4.69, 9.17) is 0 Å². The Bertz CT molecular complexity index is 483. The molecule has 2 N–H and O–H groups in total. The number of hydrogen-bond acceptors (Lipinski definition) is 3. The zero-order valence-electron chi connectivity index (χ0n) is 13.0. The van der Waals surface area contributed by atoms with Crippen molar-refractivity contribution in [3.05, 3.63) is 30.1 Å². The Morgan fingerprint density at radius 2 is 1.90 bits per heavy atom. The molecule has 21 heavy (non-hydrogen) atoms. The molecule has 1 aromatic heterocycles. The number of carboxylic acid groups (broad SMARTS) is 1. The summed E-state index contributed by atoms with van der Waals surface area (Å²) in [6.07, 6.45) is 3.33. The smallest absolute Gasteiger partial charge is 0.326 e. The Kier molecular flexibility index (Phi) is 5.69. The number of rotatable bonds is 5. The highest BCUT2D eigenvalue weighted by molar-refractivity contribution is 5.83. The highest BCUT2D eigenvalue weighted by Crippen LogP contribution is 2.19. The lowest BCUT2D eigenvalue weighted by Crippen LogP contribution is -2.53. The van der Waals surface area contributed by atoms with Gasteiger partial charge in [0.15, 0.2) is 0 Å². The molecule has 1 unspecified atom stereocenters. The van der Waals surface area contributed by atoms with E-state index in [1.165, 1.54) is 0 Å². The zero-order valence-corrected chi connectivity index (χ0v) is 13.0. The van der Waals surface area contributed by atoms with Crippen LogP contribution in [-0.4, -0.2) is 39.6 Å². The topological polar surface area (TPSA) is 82.5 Å². The molecule has 1 atom stereocenters. The van der Waals surface area contributed by atoms with Gasteiger partial charge in [-0.3, -0.25) is 4.98 Å². The Labute approximate surface area is 125 Å². The van der Waals surface area contributed by atoms with Crippen molar-refractivity contribution < 1.29 is 14.7 Å². The summed E-state index contributed by atoms with van der Waals surface area (Å²) in [6.45, 7) is 8.11. The number of aliphatic carboxylic acids is 1. The maximum Gasteiger partial charge on any atom is 0.326 e. The van der Waals surface area contributed by atoms with Gasteiger partial charge in [-0.25, -0.2) is 9.59 Å². The van der Waals surface area contributed by atoms with Gasteiger partial charge in [0, 0.05) is 25.5 Å². The Morgan fingerprint density at radius 1 is 1.33 bits per heavy atom. The normalized spacial score (nSPS) is 12.6. The van der Waals surface area contributed by atoms with E-state index in [2.05, 4.69) is 10.3 Å². The highest BCUT2D eigenvalue weighted by atomic mass is 16.4.